The van der Waals surface area contributed by atoms with Crippen LogP contribution in [-0.4, -0.2) is 54.0 Å². The predicted octanol–water partition coefficient (Wildman–Crippen LogP) is 2.71. The second kappa shape index (κ2) is 9.23. The highest BCUT2D eigenvalue weighted by Crippen LogP contribution is 2.16. The van der Waals surface area contributed by atoms with Gasteiger partial charge in [-0.15, -0.1) is 6.58 Å². The average molecular weight is 372 g/mol. The largest absolute Gasteiger partial charge is 0.467 e. The second-order valence-electron chi connectivity index (χ2n) is 6.44. The molecule has 1 aliphatic rings. The third-order valence-electron chi connectivity index (χ3n) is 4.42. The van der Waals surface area contributed by atoms with E-state index in [0.29, 0.717) is 25.5 Å². The molecule has 0 spiro atoms. The molecule has 1 atom stereocenters. The van der Waals surface area contributed by atoms with Crippen molar-refractivity contribution < 1.29 is 23.2 Å². The average Bonchev–Trinajstić information content (AvgIpc) is 3.42. The van der Waals surface area contributed by atoms with Crippen molar-refractivity contribution in [2.45, 2.75) is 25.5 Å². The molecule has 0 bridgehead atoms. The van der Waals surface area contributed by atoms with E-state index in [2.05, 4.69) is 6.58 Å². The zero-order chi connectivity index (χ0) is 19.1. The van der Waals surface area contributed by atoms with Crippen LogP contribution in [0.3, 0.4) is 0 Å². The summed E-state index contributed by atoms with van der Waals surface area (Å²) in [5.74, 6) is 0.363. The van der Waals surface area contributed by atoms with Crippen molar-refractivity contribution in [3.8, 4) is 0 Å². The van der Waals surface area contributed by atoms with Crippen LogP contribution in [0.4, 0.5) is 0 Å². The van der Waals surface area contributed by atoms with Crippen LogP contribution in [0.15, 0.2) is 58.3 Å². The number of hydrogen-bond acceptors (Lipinski definition) is 5. The molecule has 1 saturated heterocycles. The molecule has 2 aromatic rings. The minimum Gasteiger partial charge on any atom is -0.467 e. The van der Waals surface area contributed by atoms with Gasteiger partial charge in [0.2, 0.25) is 5.91 Å². The fourth-order valence-corrected chi connectivity index (χ4v) is 3.07. The van der Waals surface area contributed by atoms with E-state index >= 15 is 0 Å². The van der Waals surface area contributed by atoms with Crippen LogP contribution in [0, 0.1) is 0 Å². The highest BCUT2D eigenvalue weighted by atomic mass is 16.5. The maximum absolute atomic E-state index is 13.0. The highest BCUT2D eigenvalue weighted by molar-refractivity contribution is 5.94. The van der Waals surface area contributed by atoms with Crippen LogP contribution in [0.25, 0.3) is 0 Å². The van der Waals surface area contributed by atoms with Crippen LogP contribution in [0.5, 0.6) is 0 Å². The number of hydrogen-bond donors (Lipinski definition) is 0. The molecule has 2 aromatic heterocycles. The van der Waals surface area contributed by atoms with Crippen molar-refractivity contribution in [2.75, 3.05) is 26.2 Å². The summed E-state index contributed by atoms with van der Waals surface area (Å²) >= 11 is 0. The summed E-state index contributed by atoms with van der Waals surface area (Å²) in [6.45, 7) is 5.38. The van der Waals surface area contributed by atoms with Crippen LogP contribution in [0.2, 0.25) is 0 Å². The number of ether oxygens (including phenoxy) is 1. The monoisotopic (exact) mass is 372 g/mol. The van der Waals surface area contributed by atoms with E-state index in [0.717, 1.165) is 12.8 Å². The number of amides is 2. The molecule has 1 fully saturated rings. The quantitative estimate of drug-likeness (QED) is 0.633. The van der Waals surface area contributed by atoms with Crippen molar-refractivity contribution >= 4 is 11.8 Å². The van der Waals surface area contributed by atoms with Crippen molar-refractivity contribution in [1.29, 1.82) is 0 Å². The first-order valence-electron chi connectivity index (χ1n) is 9.03. The third kappa shape index (κ3) is 5.10. The van der Waals surface area contributed by atoms with Gasteiger partial charge in [-0.2, -0.15) is 0 Å². The van der Waals surface area contributed by atoms with Gasteiger partial charge < -0.3 is 23.4 Å². The molecule has 2 amide bonds. The van der Waals surface area contributed by atoms with Crippen molar-refractivity contribution in [3.63, 3.8) is 0 Å². The summed E-state index contributed by atoms with van der Waals surface area (Å²) in [5.41, 5.74) is 0. The maximum Gasteiger partial charge on any atom is 0.290 e. The Bertz CT molecular complexity index is 733. The van der Waals surface area contributed by atoms with E-state index in [1.807, 2.05) is 6.07 Å². The van der Waals surface area contributed by atoms with Crippen LogP contribution < -0.4 is 0 Å². The van der Waals surface area contributed by atoms with Crippen molar-refractivity contribution in [3.05, 3.63) is 61.0 Å². The first-order chi connectivity index (χ1) is 13.2. The lowest BCUT2D eigenvalue weighted by atomic mass is 10.2. The van der Waals surface area contributed by atoms with Gasteiger partial charge in [0, 0.05) is 19.7 Å². The zero-order valence-corrected chi connectivity index (χ0v) is 15.2. The first-order valence-corrected chi connectivity index (χ1v) is 9.03. The lowest BCUT2D eigenvalue weighted by Crippen LogP contribution is -2.45. The molecule has 0 aromatic carbocycles. The Balaban J connectivity index is 1.70. The topological polar surface area (TPSA) is 76.1 Å². The van der Waals surface area contributed by atoms with E-state index in [1.54, 1.807) is 35.4 Å². The standard InChI is InChI=1S/C20H24N2O5/c1-2-9-21(20(24)18-8-5-12-27-18)15-19(23)22(13-16-6-3-10-25-16)14-17-7-4-11-26-17/h2-3,5-6,8,10,12,17H,1,4,7,9,11,13-15H2/t17-/m1/s1. The fraction of sp³-hybridized carbons (Fsp3) is 0.400. The van der Waals surface area contributed by atoms with E-state index in [1.165, 1.54) is 11.2 Å². The smallest absolute Gasteiger partial charge is 0.290 e. The Morgan fingerprint density at radius 1 is 1.19 bits per heavy atom. The predicted molar refractivity (Wildman–Crippen MR) is 97.9 cm³/mol. The third-order valence-corrected chi connectivity index (χ3v) is 4.42. The number of carbonyl (C=O) groups is 2. The van der Waals surface area contributed by atoms with Gasteiger partial charge in [0.05, 0.1) is 25.2 Å². The lowest BCUT2D eigenvalue weighted by Gasteiger charge is -2.28. The van der Waals surface area contributed by atoms with Crippen LogP contribution in [-0.2, 0) is 16.1 Å². The summed E-state index contributed by atoms with van der Waals surface area (Å²) in [4.78, 5) is 28.7. The van der Waals surface area contributed by atoms with Crippen molar-refractivity contribution in [1.82, 2.24) is 9.80 Å². The van der Waals surface area contributed by atoms with Gasteiger partial charge in [-0.05, 0) is 37.1 Å². The van der Waals surface area contributed by atoms with Gasteiger partial charge in [0.25, 0.3) is 5.91 Å². The molecule has 3 rings (SSSR count). The van der Waals surface area contributed by atoms with Gasteiger partial charge in [0.15, 0.2) is 5.76 Å². The Labute approximate surface area is 158 Å². The summed E-state index contributed by atoms with van der Waals surface area (Å²) in [7, 11) is 0. The highest BCUT2D eigenvalue weighted by Gasteiger charge is 2.27. The Morgan fingerprint density at radius 3 is 2.63 bits per heavy atom. The van der Waals surface area contributed by atoms with Crippen molar-refractivity contribution in [2.24, 2.45) is 0 Å². The molecule has 0 N–H and O–H groups in total. The molecule has 144 valence electrons. The molecule has 3 heterocycles. The molecule has 0 unspecified atom stereocenters. The van der Waals surface area contributed by atoms with E-state index < -0.39 is 0 Å². The van der Waals surface area contributed by atoms with Gasteiger partial charge in [0.1, 0.15) is 12.3 Å². The fourth-order valence-electron chi connectivity index (χ4n) is 3.07. The van der Waals surface area contributed by atoms with Gasteiger partial charge >= 0.3 is 0 Å². The number of nitrogens with zero attached hydrogens (tertiary/aromatic N) is 2. The summed E-state index contributed by atoms with van der Waals surface area (Å²) in [5, 5.41) is 0. The van der Waals surface area contributed by atoms with Crippen LogP contribution >= 0.6 is 0 Å². The summed E-state index contributed by atoms with van der Waals surface area (Å²) < 4.78 is 16.2. The lowest BCUT2D eigenvalue weighted by molar-refractivity contribution is -0.134. The number of furan rings is 2. The summed E-state index contributed by atoms with van der Waals surface area (Å²) in [6, 6.07) is 6.83. The van der Waals surface area contributed by atoms with Gasteiger partial charge in [-0.1, -0.05) is 6.08 Å². The normalized spacial score (nSPS) is 16.2. The van der Waals surface area contributed by atoms with E-state index in [9.17, 15) is 9.59 Å². The first kappa shape index (κ1) is 19.0. The Kier molecular flexibility index (Phi) is 6.49. The second-order valence-corrected chi connectivity index (χ2v) is 6.44. The molecule has 1 aliphatic heterocycles. The zero-order valence-electron chi connectivity index (χ0n) is 15.2. The molecular weight excluding hydrogens is 348 g/mol. The number of rotatable bonds is 9. The Hall–Kier alpha value is -2.80. The van der Waals surface area contributed by atoms with E-state index in [4.69, 9.17) is 13.6 Å². The van der Waals surface area contributed by atoms with Gasteiger partial charge in [-0.3, -0.25) is 9.59 Å². The minimum atomic E-state index is -0.344. The molecular formula is C20H24N2O5. The minimum absolute atomic E-state index is 0.0116. The molecule has 0 saturated carbocycles. The molecule has 0 radical (unpaired) electrons. The van der Waals surface area contributed by atoms with Crippen LogP contribution in [0.1, 0.15) is 29.2 Å². The molecule has 27 heavy (non-hydrogen) atoms. The van der Waals surface area contributed by atoms with E-state index in [-0.39, 0.29) is 36.8 Å². The molecule has 0 aliphatic carbocycles. The number of carbonyl (C=O) groups excluding carboxylic acids is 2. The Morgan fingerprint density at radius 2 is 2.00 bits per heavy atom. The SMILES string of the molecule is C=CCN(CC(=O)N(Cc1ccco1)C[C@H]1CCCO1)C(=O)c1ccco1. The molecule has 7 heteroatoms. The van der Waals surface area contributed by atoms with Gasteiger partial charge in [-0.25, -0.2) is 0 Å². The molecule has 7 nitrogen and oxygen atoms in total. The summed E-state index contributed by atoms with van der Waals surface area (Å²) in [6.07, 6.45) is 6.52. The maximum atomic E-state index is 13.0.